The largest absolute Gasteiger partial charge is 0.496 e. The lowest BCUT2D eigenvalue weighted by atomic mass is 9.79. The number of hydrogen-bond acceptors (Lipinski definition) is 4. The Labute approximate surface area is 125 Å². The second-order valence-corrected chi connectivity index (χ2v) is 6.05. The second kappa shape index (κ2) is 5.79. The third kappa shape index (κ3) is 3.64. The van der Waals surface area contributed by atoms with Gasteiger partial charge in [0, 0.05) is 6.42 Å². The number of benzene rings is 1. The van der Waals surface area contributed by atoms with Crippen LogP contribution in [0.15, 0.2) is 24.3 Å². The van der Waals surface area contributed by atoms with Crippen molar-refractivity contribution in [3.63, 3.8) is 0 Å². The molecule has 6 heteroatoms. The first-order chi connectivity index (χ1) is 9.71. The van der Waals surface area contributed by atoms with Gasteiger partial charge in [-0.05, 0) is 44.6 Å². The fourth-order valence-corrected chi connectivity index (χ4v) is 2.17. The van der Waals surface area contributed by atoms with Crippen molar-refractivity contribution in [2.45, 2.75) is 51.4 Å². The molecule has 1 fully saturated rings. The fourth-order valence-electron chi connectivity index (χ4n) is 2.17. The molecule has 1 aromatic rings. The van der Waals surface area contributed by atoms with E-state index < -0.39 is 24.5 Å². The maximum atomic E-state index is 10.5. The molecule has 2 rings (SSSR count). The van der Waals surface area contributed by atoms with Crippen molar-refractivity contribution in [3.8, 4) is 0 Å². The summed E-state index contributed by atoms with van der Waals surface area (Å²) < 4.78 is 11.3. The maximum absolute atomic E-state index is 10.5. The van der Waals surface area contributed by atoms with Crippen molar-refractivity contribution in [3.05, 3.63) is 29.8 Å². The maximum Gasteiger partial charge on any atom is 0.496 e. The Bertz CT molecular complexity index is 493. The van der Waals surface area contributed by atoms with Crippen molar-refractivity contribution in [1.82, 2.24) is 0 Å². The summed E-state index contributed by atoms with van der Waals surface area (Å²) >= 11 is 0. The predicted molar refractivity (Wildman–Crippen MR) is 79.3 cm³/mol. The van der Waals surface area contributed by atoms with Crippen LogP contribution in [0.2, 0.25) is 0 Å². The molecule has 0 bridgehead atoms. The molecule has 21 heavy (non-hydrogen) atoms. The summed E-state index contributed by atoms with van der Waals surface area (Å²) in [4.78, 5) is 10.5. The molecule has 1 heterocycles. The van der Waals surface area contributed by atoms with Gasteiger partial charge < -0.3 is 19.5 Å². The first-order valence-electron chi connectivity index (χ1n) is 7.10. The van der Waals surface area contributed by atoms with Gasteiger partial charge in [0.05, 0.1) is 0 Å². The molecule has 1 atom stereocenters. The molecule has 1 unspecified atom stereocenters. The molecule has 2 N–H and O–H groups in total. The predicted octanol–water partition coefficient (Wildman–Crippen LogP) is 1.32. The molecule has 1 aliphatic rings. The van der Waals surface area contributed by atoms with E-state index in [4.69, 9.17) is 14.4 Å². The molecule has 0 spiro atoms. The number of rotatable bonds is 5. The molecule has 1 saturated heterocycles. The molecular weight excluding hydrogens is 271 g/mol. The van der Waals surface area contributed by atoms with Crippen LogP contribution in [0, 0.1) is 0 Å². The molecule has 0 aliphatic carbocycles. The number of carbonyl (C=O) groups is 1. The van der Waals surface area contributed by atoms with Crippen molar-refractivity contribution in [2.75, 3.05) is 0 Å². The first kappa shape index (κ1) is 16.0. The lowest BCUT2D eigenvalue weighted by molar-refractivity contribution is -0.176. The lowest BCUT2D eigenvalue weighted by Gasteiger charge is -2.30. The highest BCUT2D eigenvalue weighted by atomic mass is 16.7. The standard InChI is InChI=1S/C15H21BO5/c1-14(2)15(3,19)21-16(20-14)12-9-7-11(8-10-12)5-4-6-13(17)18/h7-10,19H,4-6H2,1-3H3,(H,17,18). The summed E-state index contributed by atoms with van der Waals surface area (Å²) in [7, 11) is -0.594. The number of carboxylic acid groups (broad SMARTS) is 1. The monoisotopic (exact) mass is 292 g/mol. The van der Waals surface area contributed by atoms with E-state index in [9.17, 15) is 9.90 Å². The van der Waals surface area contributed by atoms with Gasteiger partial charge in [0.2, 0.25) is 0 Å². The summed E-state index contributed by atoms with van der Waals surface area (Å²) in [6.45, 7) is 5.16. The van der Waals surface area contributed by atoms with Crippen LogP contribution in [-0.4, -0.2) is 34.7 Å². The minimum Gasteiger partial charge on any atom is -0.481 e. The Morgan fingerprint density at radius 2 is 1.81 bits per heavy atom. The molecule has 0 saturated carbocycles. The zero-order valence-corrected chi connectivity index (χ0v) is 12.6. The van der Waals surface area contributed by atoms with Crippen molar-refractivity contribution < 1.29 is 24.3 Å². The third-order valence-corrected chi connectivity index (χ3v) is 3.96. The van der Waals surface area contributed by atoms with Gasteiger partial charge in [-0.25, -0.2) is 0 Å². The summed E-state index contributed by atoms with van der Waals surface area (Å²) in [5.41, 5.74) is 1.13. The number of aryl methyl sites for hydroxylation is 1. The highest BCUT2D eigenvalue weighted by Gasteiger charge is 2.53. The van der Waals surface area contributed by atoms with Gasteiger partial charge in [-0.1, -0.05) is 24.3 Å². The van der Waals surface area contributed by atoms with Gasteiger partial charge in [-0.3, -0.25) is 4.79 Å². The Morgan fingerprint density at radius 1 is 1.19 bits per heavy atom. The zero-order valence-electron chi connectivity index (χ0n) is 12.6. The summed E-state index contributed by atoms with van der Waals surface area (Å²) in [5, 5.41) is 18.8. The Morgan fingerprint density at radius 3 is 2.29 bits per heavy atom. The van der Waals surface area contributed by atoms with Gasteiger partial charge in [0.1, 0.15) is 5.60 Å². The SMILES string of the molecule is CC1(C)OB(c2ccc(CCCC(=O)O)cc2)OC1(C)O. The van der Waals surface area contributed by atoms with Crippen LogP contribution in [0.5, 0.6) is 0 Å². The highest BCUT2D eigenvalue weighted by Crippen LogP contribution is 2.34. The number of carboxylic acids is 1. The van der Waals surface area contributed by atoms with E-state index in [1.807, 2.05) is 24.3 Å². The van der Waals surface area contributed by atoms with Gasteiger partial charge >= 0.3 is 13.1 Å². The fraction of sp³-hybridized carbons (Fsp3) is 0.533. The molecule has 114 valence electrons. The normalized spacial score (nSPS) is 24.3. The quantitative estimate of drug-likeness (QED) is 0.801. The Hall–Kier alpha value is -1.37. The van der Waals surface area contributed by atoms with E-state index >= 15 is 0 Å². The van der Waals surface area contributed by atoms with Crippen molar-refractivity contribution >= 4 is 18.6 Å². The molecule has 0 amide bonds. The highest BCUT2D eigenvalue weighted by molar-refractivity contribution is 6.62. The topological polar surface area (TPSA) is 76.0 Å². The van der Waals surface area contributed by atoms with Crippen LogP contribution in [0.4, 0.5) is 0 Å². The van der Waals surface area contributed by atoms with Crippen LogP contribution in [0.1, 0.15) is 39.2 Å². The number of aliphatic carboxylic acids is 1. The second-order valence-electron chi connectivity index (χ2n) is 6.05. The van der Waals surface area contributed by atoms with E-state index in [-0.39, 0.29) is 6.42 Å². The average molecular weight is 292 g/mol. The zero-order chi connectivity index (χ0) is 15.7. The smallest absolute Gasteiger partial charge is 0.481 e. The van der Waals surface area contributed by atoms with Crippen LogP contribution in [-0.2, 0) is 20.5 Å². The van der Waals surface area contributed by atoms with Gasteiger partial charge in [-0.15, -0.1) is 0 Å². The van der Waals surface area contributed by atoms with E-state index in [0.717, 1.165) is 17.4 Å². The molecule has 0 aromatic heterocycles. The minimum absolute atomic E-state index is 0.174. The summed E-state index contributed by atoms with van der Waals surface area (Å²) in [6.07, 6.45) is 1.52. The minimum atomic E-state index is -1.34. The summed E-state index contributed by atoms with van der Waals surface area (Å²) in [6, 6.07) is 7.64. The molecule has 1 aromatic carbocycles. The lowest BCUT2D eigenvalue weighted by Crippen LogP contribution is -2.44. The van der Waals surface area contributed by atoms with E-state index in [2.05, 4.69) is 0 Å². The van der Waals surface area contributed by atoms with E-state index in [1.54, 1.807) is 20.8 Å². The van der Waals surface area contributed by atoms with E-state index in [1.165, 1.54) is 0 Å². The van der Waals surface area contributed by atoms with Crippen molar-refractivity contribution in [2.24, 2.45) is 0 Å². The summed E-state index contributed by atoms with van der Waals surface area (Å²) in [5.74, 6) is -2.11. The van der Waals surface area contributed by atoms with Gasteiger partial charge in [-0.2, -0.15) is 0 Å². The van der Waals surface area contributed by atoms with Crippen molar-refractivity contribution in [1.29, 1.82) is 0 Å². The number of aliphatic hydroxyl groups is 1. The van der Waals surface area contributed by atoms with Gasteiger partial charge in [0.15, 0.2) is 5.79 Å². The van der Waals surface area contributed by atoms with Crippen LogP contribution in [0.3, 0.4) is 0 Å². The van der Waals surface area contributed by atoms with Crippen LogP contribution < -0.4 is 5.46 Å². The average Bonchev–Trinajstić information content (AvgIpc) is 2.59. The molecular formula is C15H21BO5. The first-order valence-corrected chi connectivity index (χ1v) is 7.10. The number of hydrogen-bond donors (Lipinski definition) is 2. The van der Waals surface area contributed by atoms with E-state index in [0.29, 0.717) is 6.42 Å². The molecule has 1 aliphatic heterocycles. The molecule has 5 nitrogen and oxygen atoms in total. The Balaban J connectivity index is 1.99. The third-order valence-electron chi connectivity index (χ3n) is 3.96. The van der Waals surface area contributed by atoms with Gasteiger partial charge in [0.25, 0.3) is 0 Å². The Kier molecular flexibility index (Phi) is 4.42. The molecule has 0 radical (unpaired) electrons. The van der Waals surface area contributed by atoms with Crippen LogP contribution >= 0.6 is 0 Å². The van der Waals surface area contributed by atoms with Crippen LogP contribution in [0.25, 0.3) is 0 Å².